The Kier molecular flexibility index (Phi) is 6.01. The Morgan fingerprint density at radius 3 is 2.18 bits per heavy atom. The van der Waals surface area contributed by atoms with Gasteiger partial charge in [0.1, 0.15) is 0 Å². The summed E-state index contributed by atoms with van der Waals surface area (Å²) in [5, 5.41) is 0. The maximum absolute atomic E-state index is 13.3. The molecule has 3 fully saturated rings. The first-order valence-electron chi connectivity index (χ1n) is 11.2. The van der Waals surface area contributed by atoms with Gasteiger partial charge in [-0.2, -0.15) is 0 Å². The Morgan fingerprint density at radius 1 is 0.912 bits per heavy atom. The van der Waals surface area contributed by atoms with Crippen LogP contribution in [0.25, 0.3) is 0 Å². The molecule has 34 heavy (non-hydrogen) atoms. The number of Topliss-reactive ketones (excluding diaryl/α,β-unsaturated/α-hetero) is 1. The van der Waals surface area contributed by atoms with Crippen LogP contribution in [-0.4, -0.2) is 39.8 Å². The Hall–Kier alpha value is -2.32. The van der Waals surface area contributed by atoms with Gasteiger partial charge in [-0.15, -0.1) is 0 Å². The van der Waals surface area contributed by atoms with Crippen LogP contribution in [0.5, 0.6) is 0 Å². The number of carbonyl (C=O) groups is 4. The minimum absolute atomic E-state index is 0.116. The number of ether oxygens (including phenoxy) is 1. The highest BCUT2D eigenvalue weighted by Crippen LogP contribution is 2.60. The summed E-state index contributed by atoms with van der Waals surface area (Å²) in [5.41, 5.74) is 3.08. The van der Waals surface area contributed by atoms with Crippen molar-refractivity contribution in [1.29, 1.82) is 0 Å². The minimum Gasteiger partial charge on any atom is -0.454 e. The van der Waals surface area contributed by atoms with Crippen LogP contribution < -0.4 is 4.90 Å². The van der Waals surface area contributed by atoms with Gasteiger partial charge >= 0.3 is 5.97 Å². The summed E-state index contributed by atoms with van der Waals surface area (Å²) in [6, 6.07) is 11.6. The number of amides is 2. The zero-order valence-corrected chi connectivity index (χ0v) is 21.8. The number of aryl methyl sites for hydroxylation is 2. The van der Waals surface area contributed by atoms with Gasteiger partial charge in [0.25, 0.3) is 0 Å². The molecule has 2 aromatic rings. The molecule has 2 saturated carbocycles. The van der Waals surface area contributed by atoms with Gasteiger partial charge in [0, 0.05) is 15.2 Å². The van der Waals surface area contributed by atoms with E-state index in [1.54, 1.807) is 30.3 Å². The number of fused-ring (bicyclic) bond motifs is 5. The molecule has 3 aliphatic rings. The molecule has 1 saturated heterocycles. The predicted octanol–water partition coefficient (Wildman–Crippen LogP) is 4.63. The van der Waals surface area contributed by atoms with Crippen molar-refractivity contribution in [2.75, 3.05) is 11.5 Å². The molecule has 2 aliphatic carbocycles. The molecule has 2 aromatic carbocycles. The number of alkyl halides is 2. The van der Waals surface area contributed by atoms with E-state index in [9.17, 15) is 19.2 Å². The third-order valence-corrected chi connectivity index (χ3v) is 10.7. The van der Waals surface area contributed by atoms with E-state index in [2.05, 4.69) is 31.9 Å². The van der Waals surface area contributed by atoms with Crippen LogP contribution >= 0.6 is 31.9 Å². The van der Waals surface area contributed by atoms with Crippen LogP contribution in [0.3, 0.4) is 0 Å². The lowest BCUT2D eigenvalue weighted by Crippen LogP contribution is -2.37. The first kappa shape index (κ1) is 23.4. The molecule has 8 heteroatoms. The standard InChI is InChI=1S/C26H23Br2NO5/c1-12-6-7-14(8-13(12)2)19(30)11-34-26(33)15-4-3-5-16(9-15)29-24(31)20-17-10-18(21(20)25(29)32)23(28)22(17)27/h3-9,17-18,20-23H,10-11H2,1-2H3/t17-,18-,20-,21+,22-,23+/m1/s1. The SMILES string of the molecule is Cc1ccc(C(=O)COC(=O)c2cccc(N3C(=O)[C@@H]4[C@H]5C[C@@H]([C@H](Br)[C@@H]5Br)[C@@H]4C3=O)c2)cc1C. The summed E-state index contributed by atoms with van der Waals surface area (Å²) in [7, 11) is 0. The predicted molar refractivity (Wildman–Crippen MR) is 133 cm³/mol. The van der Waals surface area contributed by atoms with Crippen molar-refractivity contribution < 1.29 is 23.9 Å². The molecule has 1 aliphatic heterocycles. The van der Waals surface area contributed by atoms with E-state index in [-0.39, 0.29) is 63.1 Å². The van der Waals surface area contributed by atoms with Crippen molar-refractivity contribution in [3.63, 3.8) is 0 Å². The minimum atomic E-state index is -0.681. The molecule has 5 rings (SSSR count). The van der Waals surface area contributed by atoms with Gasteiger partial charge in [-0.3, -0.25) is 19.3 Å². The molecular formula is C26H23Br2NO5. The summed E-state index contributed by atoms with van der Waals surface area (Å²) < 4.78 is 5.24. The second-order valence-electron chi connectivity index (χ2n) is 9.36. The number of carbonyl (C=O) groups excluding carboxylic acids is 4. The Labute approximate surface area is 214 Å². The summed E-state index contributed by atoms with van der Waals surface area (Å²) in [5.74, 6) is -1.82. The number of imide groups is 1. The molecule has 1 heterocycles. The highest BCUT2D eigenvalue weighted by atomic mass is 79.9. The summed E-state index contributed by atoms with van der Waals surface area (Å²) >= 11 is 7.37. The fourth-order valence-corrected chi connectivity index (χ4v) is 7.46. The largest absolute Gasteiger partial charge is 0.454 e. The lowest BCUT2D eigenvalue weighted by molar-refractivity contribution is -0.123. The molecular weight excluding hydrogens is 566 g/mol. The van der Waals surface area contributed by atoms with Crippen molar-refractivity contribution in [2.24, 2.45) is 23.7 Å². The van der Waals surface area contributed by atoms with E-state index in [1.165, 1.54) is 11.0 Å². The third kappa shape index (κ3) is 3.66. The number of benzene rings is 2. The van der Waals surface area contributed by atoms with Crippen molar-refractivity contribution in [3.8, 4) is 0 Å². The van der Waals surface area contributed by atoms with E-state index >= 15 is 0 Å². The van der Waals surface area contributed by atoms with Crippen LogP contribution in [-0.2, 0) is 14.3 Å². The summed E-state index contributed by atoms with van der Waals surface area (Å²) in [6.45, 7) is 3.49. The molecule has 0 radical (unpaired) electrons. The average Bonchev–Trinajstić information content (AvgIpc) is 3.43. The highest BCUT2D eigenvalue weighted by molar-refractivity contribution is 9.12. The monoisotopic (exact) mass is 587 g/mol. The molecule has 6 atom stereocenters. The Balaban J connectivity index is 1.30. The normalized spacial score (nSPS) is 29.5. The summed E-state index contributed by atoms with van der Waals surface area (Å²) in [4.78, 5) is 53.1. The van der Waals surface area contributed by atoms with Gasteiger partial charge in [0.05, 0.1) is 23.1 Å². The topological polar surface area (TPSA) is 80.8 Å². The van der Waals surface area contributed by atoms with Crippen LogP contribution in [0.15, 0.2) is 42.5 Å². The van der Waals surface area contributed by atoms with Crippen LogP contribution in [0.1, 0.15) is 38.3 Å². The lowest BCUT2D eigenvalue weighted by atomic mass is 9.81. The van der Waals surface area contributed by atoms with Crippen molar-refractivity contribution >= 4 is 61.1 Å². The zero-order valence-electron chi connectivity index (χ0n) is 18.7. The number of esters is 1. The molecule has 0 unspecified atom stereocenters. The first-order chi connectivity index (χ1) is 16.2. The van der Waals surface area contributed by atoms with E-state index in [0.29, 0.717) is 11.3 Å². The second-order valence-corrected chi connectivity index (χ2v) is 11.5. The quantitative estimate of drug-likeness (QED) is 0.220. The number of rotatable bonds is 5. The number of halogens is 2. The fourth-order valence-electron chi connectivity index (χ4n) is 5.59. The van der Waals surface area contributed by atoms with Gasteiger partial charge < -0.3 is 4.74 Å². The highest BCUT2D eigenvalue weighted by Gasteiger charge is 2.66. The molecule has 0 aromatic heterocycles. The molecule has 176 valence electrons. The number of nitrogens with zero attached hydrogens (tertiary/aromatic N) is 1. The lowest BCUT2D eigenvalue weighted by Gasteiger charge is -2.28. The second kappa shape index (κ2) is 8.72. The van der Waals surface area contributed by atoms with Gasteiger partial charge in [0.2, 0.25) is 11.8 Å². The number of anilines is 1. The Morgan fingerprint density at radius 2 is 1.56 bits per heavy atom. The van der Waals surface area contributed by atoms with E-state index in [0.717, 1.165) is 17.5 Å². The van der Waals surface area contributed by atoms with E-state index in [4.69, 9.17) is 4.74 Å². The first-order valence-corrected chi connectivity index (χ1v) is 13.1. The zero-order chi connectivity index (χ0) is 24.3. The third-order valence-electron chi connectivity index (χ3n) is 7.49. The molecule has 0 spiro atoms. The average molecular weight is 589 g/mol. The van der Waals surface area contributed by atoms with Gasteiger partial charge in [-0.05, 0) is 67.5 Å². The van der Waals surface area contributed by atoms with Crippen LogP contribution in [0, 0.1) is 37.5 Å². The van der Waals surface area contributed by atoms with Crippen LogP contribution in [0.4, 0.5) is 5.69 Å². The molecule has 2 amide bonds. The van der Waals surface area contributed by atoms with Gasteiger partial charge in [-0.1, -0.05) is 50.1 Å². The number of ketones is 1. The van der Waals surface area contributed by atoms with Gasteiger partial charge in [0.15, 0.2) is 12.4 Å². The fraction of sp³-hybridized carbons (Fsp3) is 0.385. The van der Waals surface area contributed by atoms with Crippen molar-refractivity contribution in [3.05, 3.63) is 64.7 Å². The Bertz CT molecular complexity index is 1200. The summed E-state index contributed by atoms with van der Waals surface area (Å²) in [6.07, 6.45) is 0.855. The van der Waals surface area contributed by atoms with Crippen molar-refractivity contribution in [2.45, 2.75) is 29.9 Å². The van der Waals surface area contributed by atoms with Crippen molar-refractivity contribution in [1.82, 2.24) is 0 Å². The van der Waals surface area contributed by atoms with E-state index < -0.39 is 5.97 Å². The molecule has 0 N–H and O–H groups in total. The maximum atomic E-state index is 13.3. The molecule has 2 bridgehead atoms. The van der Waals surface area contributed by atoms with Gasteiger partial charge in [-0.25, -0.2) is 4.79 Å². The molecule has 6 nitrogen and oxygen atoms in total. The smallest absolute Gasteiger partial charge is 0.338 e. The maximum Gasteiger partial charge on any atom is 0.338 e. The number of hydrogen-bond acceptors (Lipinski definition) is 5. The van der Waals surface area contributed by atoms with Crippen LogP contribution in [0.2, 0.25) is 0 Å². The number of hydrogen-bond donors (Lipinski definition) is 0. The van der Waals surface area contributed by atoms with E-state index in [1.807, 2.05) is 19.9 Å².